The van der Waals surface area contributed by atoms with Crippen LogP contribution in [0.4, 0.5) is 0 Å². The van der Waals surface area contributed by atoms with Gasteiger partial charge in [0.15, 0.2) is 0 Å². The smallest absolute Gasteiger partial charge is 0.234 e. The first-order chi connectivity index (χ1) is 7.78. The van der Waals surface area contributed by atoms with Gasteiger partial charge in [-0.25, -0.2) is 0 Å². The second-order valence-corrected chi connectivity index (χ2v) is 5.56. The van der Waals surface area contributed by atoms with Gasteiger partial charge in [-0.2, -0.15) is 0 Å². The van der Waals surface area contributed by atoms with E-state index in [4.69, 9.17) is 0 Å². The summed E-state index contributed by atoms with van der Waals surface area (Å²) in [5.41, 5.74) is -0.0144. The van der Waals surface area contributed by atoms with Crippen molar-refractivity contribution in [3.63, 3.8) is 0 Å². The van der Waals surface area contributed by atoms with Crippen molar-refractivity contribution in [3.05, 3.63) is 0 Å². The molecule has 0 bridgehead atoms. The van der Waals surface area contributed by atoms with E-state index in [0.717, 1.165) is 19.6 Å². The van der Waals surface area contributed by atoms with E-state index in [0.29, 0.717) is 6.54 Å². The summed E-state index contributed by atoms with van der Waals surface area (Å²) in [7, 11) is 0. The van der Waals surface area contributed by atoms with Crippen LogP contribution in [0.5, 0.6) is 0 Å². The lowest BCUT2D eigenvalue weighted by Gasteiger charge is -2.24. The molecule has 0 aromatic carbocycles. The maximum atomic E-state index is 11.7. The van der Waals surface area contributed by atoms with Crippen molar-refractivity contribution in [1.29, 1.82) is 0 Å². The van der Waals surface area contributed by atoms with Crippen molar-refractivity contribution in [1.82, 2.24) is 15.5 Å². The van der Waals surface area contributed by atoms with Crippen molar-refractivity contribution >= 4 is 5.91 Å². The maximum Gasteiger partial charge on any atom is 0.234 e. The average Bonchev–Trinajstić information content (AvgIpc) is 2.22. The van der Waals surface area contributed by atoms with Crippen LogP contribution in [0.25, 0.3) is 0 Å². The molecule has 4 nitrogen and oxygen atoms in total. The van der Waals surface area contributed by atoms with Crippen molar-refractivity contribution < 1.29 is 4.79 Å². The lowest BCUT2D eigenvalue weighted by Crippen LogP contribution is -2.48. The number of amides is 1. The van der Waals surface area contributed by atoms with Crippen LogP contribution < -0.4 is 10.6 Å². The molecule has 0 spiro atoms. The van der Waals surface area contributed by atoms with Gasteiger partial charge in [0.05, 0.1) is 6.54 Å². The Hall–Kier alpha value is -0.610. The molecule has 2 N–H and O–H groups in total. The third kappa shape index (κ3) is 9.12. The fourth-order valence-electron chi connectivity index (χ4n) is 1.59. The Labute approximate surface area is 106 Å². The van der Waals surface area contributed by atoms with E-state index in [2.05, 4.69) is 50.2 Å². The summed E-state index contributed by atoms with van der Waals surface area (Å²) < 4.78 is 0. The predicted octanol–water partition coefficient (Wildman–Crippen LogP) is 1.22. The molecule has 1 unspecified atom stereocenters. The van der Waals surface area contributed by atoms with Gasteiger partial charge in [-0.05, 0) is 40.8 Å². The molecule has 0 aromatic heterocycles. The fourth-order valence-corrected chi connectivity index (χ4v) is 1.59. The normalized spacial score (nSPS) is 13.8. The zero-order chi connectivity index (χ0) is 13.5. The molecule has 0 fully saturated rings. The Balaban J connectivity index is 3.87. The van der Waals surface area contributed by atoms with E-state index in [1.165, 1.54) is 0 Å². The predicted molar refractivity (Wildman–Crippen MR) is 73.1 cm³/mol. The minimum atomic E-state index is -0.0144. The lowest BCUT2D eigenvalue weighted by atomic mass is 10.1. The molecule has 0 aliphatic rings. The molecule has 0 radical (unpaired) electrons. The first kappa shape index (κ1) is 16.4. The zero-order valence-corrected chi connectivity index (χ0v) is 12.3. The van der Waals surface area contributed by atoms with Crippen molar-refractivity contribution in [2.45, 2.75) is 53.1 Å². The van der Waals surface area contributed by atoms with Gasteiger partial charge in [-0.1, -0.05) is 13.8 Å². The number of nitrogens with one attached hydrogen (secondary N) is 2. The summed E-state index contributed by atoms with van der Waals surface area (Å²) in [6.45, 7) is 15.8. The standard InChI is InChI=1S/C13H29N3O/c1-7-16(8-2)10-11(3)15-12(17)9-14-13(4,5)6/h11,14H,7-10H2,1-6H3,(H,15,17). The SMILES string of the molecule is CCN(CC)CC(C)NC(=O)CNC(C)(C)C. The number of nitrogens with zero attached hydrogens (tertiary/aromatic N) is 1. The van der Waals surface area contributed by atoms with Crippen LogP contribution in [0.1, 0.15) is 41.5 Å². The summed E-state index contributed by atoms with van der Waals surface area (Å²) in [6, 6.07) is 0.198. The van der Waals surface area contributed by atoms with Crippen LogP contribution in [0.15, 0.2) is 0 Å². The monoisotopic (exact) mass is 243 g/mol. The number of carbonyl (C=O) groups is 1. The number of carbonyl (C=O) groups excluding carboxylic acids is 1. The largest absolute Gasteiger partial charge is 0.351 e. The van der Waals surface area contributed by atoms with E-state index in [9.17, 15) is 4.79 Å². The molecule has 0 aliphatic heterocycles. The van der Waals surface area contributed by atoms with Gasteiger partial charge in [-0.15, -0.1) is 0 Å². The maximum absolute atomic E-state index is 11.7. The number of likely N-dealkylation sites (N-methyl/N-ethyl adjacent to an activating group) is 1. The second-order valence-electron chi connectivity index (χ2n) is 5.56. The molecule has 17 heavy (non-hydrogen) atoms. The van der Waals surface area contributed by atoms with E-state index in [1.807, 2.05) is 6.92 Å². The van der Waals surface area contributed by atoms with Crippen molar-refractivity contribution in [3.8, 4) is 0 Å². The molecular formula is C13H29N3O. The molecule has 102 valence electrons. The molecule has 0 aromatic rings. The molecule has 0 saturated heterocycles. The van der Waals surface area contributed by atoms with Gasteiger partial charge in [0, 0.05) is 18.1 Å². The number of hydrogen-bond acceptors (Lipinski definition) is 3. The van der Waals surface area contributed by atoms with Gasteiger partial charge in [0.2, 0.25) is 5.91 Å². The molecule has 4 heteroatoms. The summed E-state index contributed by atoms with van der Waals surface area (Å²) in [6.07, 6.45) is 0. The molecule has 1 amide bonds. The Morgan fingerprint density at radius 2 is 1.76 bits per heavy atom. The third-order valence-corrected chi connectivity index (χ3v) is 2.61. The van der Waals surface area contributed by atoms with E-state index in [1.54, 1.807) is 0 Å². The second kappa shape index (κ2) is 7.67. The first-order valence-electron chi connectivity index (χ1n) is 6.55. The van der Waals surface area contributed by atoms with Gasteiger partial charge in [-0.3, -0.25) is 4.79 Å². The van der Waals surface area contributed by atoms with E-state index in [-0.39, 0.29) is 17.5 Å². The van der Waals surface area contributed by atoms with Crippen LogP contribution in [0.2, 0.25) is 0 Å². The number of rotatable bonds is 7. The van der Waals surface area contributed by atoms with Gasteiger partial charge >= 0.3 is 0 Å². The van der Waals surface area contributed by atoms with Crippen LogP contribution >= 0.6 is 0 Å². The average molecular weight is 243 g/mol. The summed E-state index contributed by atoms with van der Waals surface area (Å²) >= 11 is 0. The molecule has 1 atom stereocenters. The molecule has 0 rings (SSSR count). The van der Waals surface area contributed by atoms with E-state index < -0.39 is 0 Å². The Bertz CT molecular complexity index is 219. The topological polar surface area (TPSA) is 44.4 Å². The highest BCUT2D eigenvalue weighted by atomic mass is 16.2. The highest BCUT2D eigenvalue weighted by Crippen LogP contribution is 1.97. The van der Waals surface area contributed by atoms with Crippen molar-refractivity contribution in [2.24, 2.45) is 0 Å². The Morgan fingerprint density at radius 3 is 2.18 bits per heavy atom. The van der Waals surface area contributed by atoms with Crippen molar-refractivity contribution in [2.75, 3.05) is 26.2 Å². The van der Waals surface area contributed by atoms with Gasteiger partial charge in [0.1, 0.15) is 0 Å². The van der Waals surface area contributed by atoms with Gasteiger partial charge in [0.25, 0.3) is 0 Å². The van der Waals surface area contributed by atoms with E-state index >= 15 is 0 Å². The van der Waals surface area contributed by atoms with Gasteiger partial charge < -0.3 is 15.5 Å². The quantitative estimate of drug-likeness (QED) is 0.707. The van der Waals surface area contributed by atoms with Crippen LogP contribution in [0, 0.1) is 0 Å². The zero-order valence-electron chi connectivity index (χ0n) is 12.3. The minimum absolute atomic E-state index is 0.0144. The van der Waals surface area contributed by atoms with Crippen LogP contribution in [0.3, 0.4) is 0 Å². The summed E-state index contributed by atoms with van der Waals surface area (Å²) in [5, 5.41) is 6.19. The molecule has 0 heterocycles. The summed E-state index contributed by atoms with van der Waals surface area (Å²) in [5.74, 6) is 0.0691. The van der Waals surface area contributed by atoms with Crippen LogP contribution in [-0.4, -0.2) is 48.6 Å². The summed E-state index contributed by atoms with van der Waals surface area (Å²) in [4.78, 5) is 14.0. The number of hydrogen-bond donors (Lipinski definition) is 2. The highest BCUT2D eigenvalue weighted by molar-refractivity contribution is 5.78. The Morgan fingerprint density at radius 1 is 1.24 bits per heavy atom. The lowest BCUT2D eigenvalue weighted by molar-refractivity contribution is -0.121. The fraction of sp³-hybridized carbons (Fsp3) is 0.923. The third-order valence-electron chi connectivity index (χ3n) is 2.61. The highest BCUT2D eigenvalue weighted by Gasteiger charge is 2.13. The Kier molecular flexibility index (Phi) is 7.39. The first-order valence-corrected chi connectivity index (χ1v) is 6.55. The molecule has 0 aliphatic carbocycles. The molecular weight excluding hydrogens is 214 g/mol. The van der Waals surface area contributed by atoms with Crippen LogP contribution in [-0.2, 0) is 4.79 Å². The molecule has 0 saturated carbocycles. The minimum Gasteiger partial charge on any atom is -0.351 e.